The van der Waals surface area contributed by atoms with Gasteiger partial charge >= 0.3 is 6.03 Å². The Morgan fingerprint density at radius 2 is 1.71 bits per heavy atom. The fourth-order valence-electron chi connectivity index (χ4n) is 4.91. The zero-order valence-electron chi connectivity index (χ0n) is 20.0. The van der Waals surface area contributed by atoms with Gasteiger partial charge in [-0.25, -0.2) is 13.2 Å². The van der Waals surface area contributed by atoms with E-state index in [1.54, 1.807) is 24.3 Å². The Morgan fingerprint density at radius 1 is 1.09 bits per heavy atom. The molecule has 0 aromatic heterocycles. The molecule has 2 aromatic carbocycles. The van der Waals surface area contributed by atoms with Gasteiger partial charge in [-0.05, 0) is 23.5 Å². The highest BCUT2D eigenvalue weighted by molar-refractivity contribution is 7.91. The van der Waals surface area contributed by atoms with Crippen molar-refractivity contribution in [2.24, 2.45) is 5.92 Å². The number of sulfone groups is 1. The molecular formula is C26H31N3O5S. The zero-order chi connectivity index (χ0) is 25.2. The molecule has 2 aliphatic rings. The molecule has 2 heterocycles. The van der Waals surface area contributed by atoms with Crippen molar-refractivity contribution in [1.29, 1.82) is 0 Å². The average molecular weight is 498 g/mol. The SMILES string of the molecule is CC(C)CN(C(=O)CN1C(=O)N[C@](Cc2ccccc2)(c2ccccc2)C1=O)[C@@H]1CCS(=O)(=O)C1. The van der Waals surface area contributed by atoms with Crippen LogP contribution < -0.4 is 5.32 Å². The van der Waals surface area contributed by atoms with Crippen LogP contribution in [0.1, 0.15) is 31.4 Å². The maximum atomic E-state index is 13.8. The zero-order valence-corrected chi connectivity index (χ0v) is 20.8. The molecule has 186 valence electrons. The van der Waals surface area contributed by atoms with E-state index < -0.39 is 45.8 Å². The van der Waals surface area contributed by atoms with Gasteiger partial charge < -0.3 is 10.2 Å². The molecule has 9 heteroatoms. The number of imide groups is 1. The topological polar surface area (TPSA) is 104 Å². The standard InChI is InChI=1S/C26H31N3O5S/c1-19(2)16-28(22-13-14-35(33,34)18-22)23(30)17-29-24(31)26(27-25(29)32,21-11-7-4-8-12-21)15-20-9-5-3-6-10-20/h3-12,19,22H,13-18H2,1-2H3,(H,27,32)/t22-,26-/m1/s1. The first-order valence-corrected chi connectivity index (χ1v) is 13.7. The molecule has 0 radical (unpaired) electrons. The molecule has 0 aliphatic carbocycles. The number of benzene rings is 2. The number of hydrogen-bond donors (Lipinski definition) is 1. The van der Waals surface area contributed by atoms with E-state index in [-0.39, 0.29) is 23.8 Å². The molecule has 4 rings (SSSR count). The second-order valence-corrected chi connectivity index (χ2v) is 12.0. The minimum atomic E-state index is -3.20. The molecule has 2 atom stereocenters. The number of nitrogens with zero attached hydrogens (tertiary/aromatic N) is 2. The van der Waals surface area contributed by atoms with Crippen molar-refractivity contribution >= 4 is 27.7 Å². The van der Waals surface area contributed by atoms with E-state index in [1.807, 2.05) is 50.2 Å². The summed E-state index contributed by atoms with van der Waals surface area (Å²) < 4.78 is 24.1. The van der Waals surface area contributed by atoms with Crippen LogP contribution in [0.4, 0.5) is 4.79 Å². The van der Waals surface area contributed by atoms with Crippen LogP contribution in [0, 0.1) is 5.92 Å². The number of rotatable bonds is 8. The molecule has 0 saturated carbocycles. The summed E-state index contributed by atoms with van der Waals surface area (Å²) in [7, 11) is -3.20. The number of carbonyl (C=O) groups is 3. The average Bonchev–Trinajstić information content (AvgIpc) is 3.30. The van der Waals surface area contributed by atoms with Gasteiger partial charge in [0.15, 0.2) is 15.4 Å². The normalized spacial score (nSPS) is 23.5. The smallest absolute Gasteiger partial charge is 0.325 e. The Labute approximate surface area is 206 Å². The number of carbonyl (C=O) groups excluding carboxylic acids is 3. The van der Waals surface area contributed by atoms with Gasteiger partial charge in [-0.3, -0.25) is 14.5 Å². The van der Waals surface area contributed by atoms with Crippen LogP contribution in [-0.2, 0) is 31.4 Å². The Bertz CT molecular complexity index is 1200. The van der Waals surface area contributed by atoms with Crippen LogP contribution in [0.2, 0.25) is 0 Å². The summed E-state index contributed by atoms with van der Waals surface area (Å²) in [5.74, 6) is -0.862. The predicted octanol–water partition coefficient (Wildman–Crippen LogP) is 2.35. The van der Waals surface area contributed by atoms with Gasteiger partial charge in [-0.2, -0.15) is 0 Å². The second-order valence-electron chi connectivity index (χ2n) is 9.75. The maximum Gasteiger partial charge on any atom is 0.325 e. The summed E-state index contributed by atoms with van der Waals surface area (Å²) in [5.41, 5.74) is 0.174. The van der Waals surface area contributed by atoms with Gasteiger partial charge in [-0.1, -0.05) is 74.5 Å². The monoisotopic (exact) mass is 497 g/mol. The number of nitrogens with one attached hydrogen (secondary N) is 1. The summed E-state index contributed by atoms with van der Waals surface area (Å²) in [4.78, 5) is 42.8. The van der Waals surface area contributed by atoms with Crippen LogP contribution in [0.3, 0.4) is 0 Å². The van der Waals surface area contributed by atoms with Crippen molar-refractivity contribution < 1.29 is 22.8 Å². The predicted molar refractivity (Wildman–Crippen MR) is 132 cm³/mol. The Morgan fingerprint density at radius 3 is 2.29 bits per heavy atom. The van der Waals surface area contributed by atoms with Gasteiger partial charge in [0, 0.05) is 19.0 Å². The van der Waals surface area contributed by atoms with Crippen LogP contribution in [0.25, 0.3) is 0 Å². The minimum Gasteiger partial charge on any atom is -0.337 e. The molecule has 4 amide bonds. The fraction of sp³-hybridized carbons (Fsp3) is 0.423. The largest absolute Gasteiger partial charge is 0.337 e. The number of hydrogen-bond acceptors (Lipinski definition) is 5. The lowest BCUT2D eigenvalue weighted by molar-refractivity contribution is -0.140. The molecule has 2 aliphatic heterocycles. The maximum absolute atomic E-state index is 13.8. The van der Waals surface area contributed by atoms with E-state index in [1.165, 1.54) is 4.90 Å². The van der Waals surface area contributed by atoms with E-state index >= 15 is 0 Å². The lowest BCUT2D eigenvalue weighted by atomic mass is 9.83. The van der Waals surface area contributed by atoms with Crippen LogP contribution in [0.5, 0.6) is 0 Å². The molecular weight excluding hydrogens is 466 g/mol. The third-order valence-corrected chi connectivity index (χ3v) is 8.33. The van der Waals surface area contributed by atoms with Crippen molar-refractivity contribution in [3.8, 4) is 0 Å². The molecule has 35 heavy (non-hydrogen) atoms. The first kappa shape index (κ1) is 24.9. The molecule has 8 nitrogen and oxygen atoms in total. The van der Waals surface area contributed by atoms with Crippen molar-refractivity contribution in [3.05, 3.63) is 71.8 Å². The second kappa shape index (κ2) is 9.81. The van der Waals surface area contributed by atoms with Crippen LogP contribution in [0.15, 0.2) is 60.7 Å². The first-order chi connectivity index (χ1) is 16.6. The van der Waals surface area contributed by atoms with E-state index in [0.717, 1.165) is 10.5 Å². The van der Waals surface area contributed by atoms with Crippen molar-refractivity contribution in [3.63, 3.8) is 0 Å². The summed E-state index contributed by atoms with van der Waals surface area (Å²) in [6.45, 7) is 3.81. The van der Waals surface area contributed by atoms with E-state index in [9.17, 15) is 22.8 Å². The highest BCUT2D eigenvalue weighted by Gasteiger charge is 2.53. The third-order valence-electron chi connectivity index (χ3n) is 6.58. The van der Waals surface area contributed by atoms with E-state index in [0.29, 0.717) is 18.5 Å². The van der Waals surface area contributed by atoms with Gasteiger partial charge in [0.2, 0.25) is 5.91 Å². The summed E-state index contributed by atoms with van der Waals surface area (Å²) in [6.07, 6.45) is 0.604. The van der Waals surface area contributed by atoms with E-state index in [4.69, 9.17) is 0 Å². The molecule has 0 unspecified atom stereocenters. The third kappa shape index (κ3) is 5.24. The molecule has 2 fully saturated rings. The Hall–Kier alpha value is -3.20. The van der Waals surface area contributed by atoms with Gasteiger partial charge in [0.05, 0.1) is 11.5 Å². The van der Waals surface area contributed by atoms with Gasteiger partial charge in [0.25, 0.3) is 5.91 Å². The van der Waals surface area contributed by atoms with Crippen molar-refractivity contribution in [1.82, 2.24) is 15.1 Å². The molecule has 2 saturated heterocycles. The van der Waals surface area contributed by atoms with Crippen molar-refractivity contribution in [2.45, 2.75) is 38.3 Å². The van der Waals surface area contributed by atoms with E-state index in [2.05, 4.69) is 5.32 Å². The summed E-state index contributed by atoms with van der Waals surface area (Å²) in [6, 6.07) is 17.4. The fourth-order valence-corrected chi connectivity index (χ4v) is 6.64. The quantitative estimate of drug-likeness (QED) is 0.564. The lowest BCUT2D eigenvalue weighted by Crippen LogP contribution is -2.50. The first-order valence-electron chi connectivity index (χ1n) is 11.8. The minimum absolute atomic E-state index is 0.0386. The van der Waals surface area contributed by atoms with Crippen LogP contribution >= 0.6 is 0 Å². The molecule has 2 aromatic rings. The highest BCUT2D eigenvalue weighted by Crippen LogP contribution is 2.33. The summed E-state index contributed by atoms with van der Waals surface area (Å²) in [5, 5.41) is 2.87. The molecule has 0 spiro atoms. The van der Waals surface area contributed by atoms with Crippen LogP contribution in [-0.4, -0.2) is 66.7 Å². The molecule has 0 bridgehead atoms. The Kier molecular flexibility index (Phi) is 6.98. The van der Waals surface area contributed by atoms with Crippen molar-refractivity contribution in [2.75, 3.05) is 24.6 Å². The lowest BCUT2D eigenvalue weighted by Gasteiger charge is -2.31. The van der Waals surface area contributed by atoms with Gasteiger partial charge in [0.1, 0.15) is 6.54 Å². The Balaban J connectivity index is 1.62. The number of amides is 4. The number of urea groups is 1. The van der Waals surface area contributed by atoms with Gasteiger partial charge in [-0.15, -0.1) is 0 Å². The highest BCUT2D eigenvalue weighted by atomic mass is 32.2. The molecule has 1 N–H and O–H groups in total. The summed E-state index contributed by atoms with van der Waals surface area (Å²) >= 11 is 0.